The molecule has 0 spiro atoms. The Bertz CT molecular complexity index is 584. The van der Waals surface area contributed by atoms with Gasteiger partial charge in [0, 0.05) is 10.9 Å². The van der Waals surface area contributed by atoms with Crippen molar-refractivity contribution >= 4 is 23.2 Å². The Morgan fingerprint density at radius 1 is 1.35 bits per heavy atom. The first-order chi connectivity index (χ1) is 10.7. The maximum Gasteiger partial charge on any atom is 0.261 e. The summed E-state index contributed by atoms with van der Waals surface area (Å²) in [6.45, 7) is 10.7. The van der Waals surface area contributed by atoms with E-state index < -0.39 is 0 Å². The SMILES string of the molecule is CC(C)NC(=O)CNC(=O)c1cc2c(s1)CC[C@H](C(C)(C)C)C2. The van der Waals surface area contributed by atoms with E-state index in [4.69, 9.17) is 0 Å². The molecule has 0 saturated heterocycles. The molecule has 128 valence electrons. The second-order valence-corrected chi connectivity index (χ2v) is 8.91. The number of aryl methyl sites for hydroxylation is 1. The number of carbonyl (C=O) groups is 2. The molecule has 0 radical (unpaired) electrons. The van der Waals surface area contributed by atoms with Crippen molar-refractivity contribution in [1.82, 2.24) is 10.6 Å². The van der Waals surface area contributed by atoms with Gasteiger partial charge in [-0.3, -0.25) is 9.59 Å². The average molecular weight is 337 g/mol. The third-order valence-corrected chi connectivity index (χ3v) is 5.63. The largest absolute Gasteiger partial charge is 0.352 e. The van der Waals surface area contributed by atoms with Crippen LogP contribution in [0.3, 0.4) is 0 Å². The molecule has 2 rings (SSSR count). The third kappa shape index (κ3) is 4.80. The van der Waals surface area contributed by atoms with Crippen LogP contribution in [-0.2, 0) is 17.6 Å². The Hall–Kier alpha value is -1.36. The van der Waals surface area contributed by atoms with Crippen LogP contribution in [-0.4, -0.2) is 24.4 Å². The minimum atomic E-state index is -0.150. The molecule has 1 aromatic heterocycles. The highest BCUT2D eigenvalue weighted by Crippen LogP contribution is 2.40. The van der Waals surface area contributed by atoms with E-state index in [2.05, 4.69) is 31.4 Å². The van der Waals surface area contributed by atoms with Gasteiger partial charge in [-0.25, -0.2) is 0 Å². The highest BCUT2D eigenvalue weighted by molar-refractivity contribution is 7.14. The molecule has 0 bridgehead atoms. The van der Waals surface area contributed by atoms with E-state index in [1.165, 1.54) is 16.9 Å². The maximum absolute atomic E-state index is 12.3. The summed E-state index contributed by atoms with van der Waals surface area (Å²) >= 11 is 1.58. The van der Waals surface area contributed by atoms with E-state index in [0.29, 0.717) is 11.3 Å². The van der Waals surface area contributed by atoms with Crippen molar-refractivity contribution in [2.24, 2.45) is 11.3 Å². The summed E-state index contributed by atoms with van der Waals surface area (Å²) in [5.41, 5.74) is 1.62. The lowest BCUT2D eigenvalue weighted by atomic mass is 9.72. The zero-order chi connectivity index (χ0) is 17.2. The molecular formula is C18H28N2O2S. The number of hydrogen-bond donors (Lipinski definition) is 2. The fourth-order valence-corrected chi connectivity index (χ4v) is 4.12. The van der Waals surface area contributed by atoms with E-state index >= 15 is 0 Å². The topological polar surface area (TPSA) is 58.2 Å². The summed E-state index contributed by atoms with van der Waals surface area (Å²) < 4.78 is 0. The summed E-state index contributed by atoms with van der Waals surface area (Å²) in [5.74, 6) is 0.371. The number of thiophene rings is 1. The Morgan fingerprint density at radius 3 is 2.65 bits per heavy atom. The third-order valence-electron chi connectivity index (χ3n) is 4.39. The molecule has 5 heteroatoms. The van der Waals surface area contributed by atoms with Crippen LogP contribution in [0.5, 0.6) is 0 Å². The molecule has 1 aromatic rings. The van der Waals surface area contributed by atoms with E-state index in [-0.39, 0.29) is 24.4 Å². The fraction of sp³-hybridized carbons (Fsp3) is 0.667. The van der Waals surface area contributed by atoms with E-state index in [0.717, 1.165) is 17.7 Å². The van der Waals surface area contributed by atoms with Gasteiger partial charge in [-0.05, 0) is 56.1 Å². The van der Waals surface area contributed by atoms with Crippen LogP contribution in [0, 0.1) is 11.3 Å². The molecule has 0 fully saturated rings. The minimum Gasteiger partial charge on any atom is -0.352 e. The Balaban J connectivity index is 1.97. The summed E-state index contributed by atoms with van der Waals surface area (Å²) in [6.07, 6.45) is 3.30. The number of hydrogen-bond acceptors (Lipinski definition) is 3. The van der Waals surface area contributed by atoms with Crippen molar-refractivity contribution in [2.45, 2.75) is 59.9 Å². The highest BCUT2D eigenvalue weighted by atomic mass is 32.1. The van der Waals surface area contributed by atoms with Gasteiger partial charge in [0.2, 0.25) is 5.91 Å². The van der Waals surface area contributed by atoms with Gasteiger partial charge in [-0.1, -0.05) is 20.8 Å². The molecule has 1 aliphatic carbocycles. The van der Waals surface area contributed by atoms with Gasteiger partial charge in [0.05, 0.1) is 11.4 Å². The monoisotopic (exact) mass is 336 g/mol. The van der Waals surface area contributed by atoms with Gasteiger partial charge in [-0.15, -0.1) is 11.3 Å². The van der Waals surface area contributed by atoms with Crippen LogP contribution in [0.15, 0.2) is 6.07 Å². The number of amides is 2. The van der Waals surface area contributed by atoms with Crippen molar-refractivity contribution in [3.05, 3.63) is 21.4 Å². The van der Waals surface area contributed by atoms with Crippen LogP contribution in [0.2, 0.25) is 0 Å². The zero-order valence-electron chi connectivity index (χ0n) is 14.8. The first-order valence-electron chi connectivity index (χ1n) is 8.36. The zero-order valence-corrected chi connectivity index (χ0v) is 15.6. The minimum absolute atomic E-state index is 0.0319. The normalized spacial score (nSPS) is 17.7. The fourth-order valence-electron chi connectivity index (χ4n) is 3.00. The Labute approximate surface area is 143 Å². The maximum atomic E-state index is 12.3. The van der Waals surface area contributed by atoms with Crippen LogP contribution in [0.1, 0.15) is 61.2 Å². The van der Waals surface area contributed by atoms with Crippen molar-refractivity contribution in [2.75, 3.05) is 6.54 Å². The standard InChI is InChI=1S/C18H28N2O2S/c1-11(2)20-16(21)10-19-17(22)15-9-12-8-13(18(3,4)5)6-7-14(12)23-15/h9,11,13H,6-8,10H2,1-5H3,(H,19,22)(H,20,21)/t13-/m0/s1. The summed E-state index contributed by atoms with van der Waals surface area (Å²) in [4.78, 5) is 25.9. The van der Waals surface area contributed by atoms with Crippen molar-refractivity contribution in [1.29, 1.82) is 0 Å². The van der Waals surface area contributed by atoms with Gasteiger partial charge in [0.15, 0.2) is 0 Å². The van der Waals surface area contributed by atoms with E-state index in [1.54, 1.807) is 11.3 Å². The lowest BCUT2D eigenvalue weighted by molar-refractivity contribution is -0.120. The summed E-state index contributed by atoms with van der Waals surface area (Å²) in [7, 11) is 0. The summed E-state index contributed by atoms with van der Waals surface area (Å²) in [6, 6.07) is 2.11. The van der Waals surface area contributed by atoms with Gasteiger partial charge in [-0.2, -0.15) is 0 Å². The molecule has 0 saturated carbocycles. The highest BCUT2D eigenvalue weighted by Gasteiger charge is 2.30. The van der Waals surface area contributed by atoms with Crippen molar-refractivity contribution in [3.63, 3.8) is 0 Å². The number of carbonyl (C=O) groups excluding carboxylic acids is 2. The summed E-state index contributed by atoms with van der Waals surface area (Å²) in [5, 5.41) is 5.48. The van der Waals surface area contributed by atoms with E-state index in [1.807, 2.05) is 19.9 Å². The molecule has 1 atom stereocenters. The molecule has 1 aliphatic rings. The molecule has 0 aromatic carbocycles. The lowest BCUT2D eigenvalue weighted by Gasteiger charge is -2.33. The van der Waals surface area contributed by atoms with Crippen LogP contribution < -0.4 is 10.6 Å². The van der Waals surface area contributed by atoms with Crippen LogP contribution in [0.4, 0.5) is 0 Å². The van der Waals surface area contributed by atoms with Crippen molar-refractivity contribution < 1.29 is 9.59 Å². The van der Waals surface area contributed by atoms with Crippen LogP contribution in [0.25, 0.3) is 0 Å². The van der Waals surface area contributed by atoms with Crippen LogP contribution >= 0.6 is 11.3 Å². The molecule has 4 nitrogen and oxygen atoms in total. The number of rotatable bonds is 4. The van der Waals surface area contributed by atoms with Crippen molar-refractivity contribution in [3.8, 4) is 0 Å². The molecule has 23 heavy (non-hydrogen) atoms. The second kappa shape index (κ2) is 7.04. The first-order valence-corrected chi connectivity index (χ1v) is 9.17. The van der Waals surface area contributed by atoms with Gasteiger partial charge < -0.3 is 10.6 Å². The van der Waals surface area contributed by atoms with Gasteiger partial charge in [0.1, 0.15) is 0 Å². The molecule has 2 N–H and O–H groups in total. The smallest absolute Gasteiger partial charge is 0.261 e. The molecular weight excluding hydrogens is 308 g/mol. The Kier molecular flexibility index (Phi) is 5.50. The molecule has 2 amide bonds. The van der Waals surface area contributed by atoms with Gasteiger partial charge >= 0.3 is 0 Å². The quantitative estimate of drug-likeness (QED) is 0.887. The number of fused-ring (bicyclic) bond motifs is 1. The molecule has 0 unspecified atom stereocenters. The van der Waals surface area contributed by atoms with Gasteiger partial charge in [0.25, 0.3) is 5.91 Å². The van der Waals surface area contributed by atoms with E-state index in [9.17, 15) is 9.59 Å². The predicted molar refractivity (Wildman–Crippen MR) is 94.9 cm³/mol. The molecule has 0 aliphatic heterocycles. The lowest BCUT2D eigenvalue weighted by Crippen LogP contribution is -2.39. The molecule has 1 heterocycles. The average Bonchev–Trinajstić information content (AvgIpc) is 2.86. The first kappa shape index (κ1) is 18.0. The number of nitrogens with one attached hydrogen (secondary N) is 2. The second-order valence-electron chi connectivity index (χ2n) is 7.77. The Morgan fingerprint density at radius 2 is 2.04 bits per heavy atom. The predicted octanol–water partition coefficient (Wildman–Crippen LogP) is 3.15.